The highest BCUT2D eigenvalue weighted by atomic mass is 19.4. The van der Waals surface area contributed by atoms with E-state index in [2.05, 4.69) is 81.2 Å². The smallest absolute Gasteiger partial charge is 0.475 e. The highest BCUT2D eigenvalue weighted by Gasteiger charge is 2.51. The van der Waals surface area contributed by atoms with Gasteiger partial charge in [0.2, 0.25) is 0 Å². The van der Waals surface area contributed by atoms with E-state index in [9.17, 15) is 18.0 Å². The molecular weight excluding hydrogens is 614 g/mol. The zero-order chi connectivity index (χ0) is 34.5. The monoisotopic (exact) mass is 653 g/mol. The number of halogens is 3. The second-order valence-corrected chi connectivity index (χ2v) is 13.9. The fourth-order valence-electron chi connectivity index (χ4n) is 5.53. The van der Waals surface area contributed by atoms with Crippen LogP contribution in [0.1, 0.15) is 73.2 Å². The fraction of sp³-hybridized carbons (Fsp3) is 0.441. The van der Waals surface area contributed by atoms with Gasteiger partial charge in [-0.3, -0.25) is 4.90 Å². The molecule has 1 atom stereocenters. The number of fused-ring (bicyclic) bond motifs is 2. The van der Waals surface area contributed by atoms with Gasteiger partial charge in [-0.25, -0.2) is 14.6 Å². The molecule has 2 aliphatic rings. The number of carbonyl (C=O) groups is 2. The Morgan fingerprint density at radius 3 is 2.17 bits per heavy atom. The van der Waals surface area contributed by atoms with Crippen molar-refractivity contribution in [3.05, 3.63) is 60.4 Å². The number of imidazole rings is 1. The summed E-state index contributed by atoms with van der Waals surface area (Å²) in [5.41, 5.74) is 3.79. The summed E-state index contributed by atoms with van der Waals surface area (Å²) in [7, 11) is -0.395. The number of carboxylic acids is 1. The van der Waals surface area contributed by atoms with E-state index >= 15 is 0 Å². The van der Waals surface area contributed by atoms with Crippen LogP contribution in [0.4, 0.5) is 18.0 Å². The van der Waals surface area contributed by atoms with Crippen LogP contribution in [0.3, 0.4) is 0 Å². The molecule has 2 fully saturated rings. The summed E-state index contributed by atoms with van der Waals surface area (Å²) in [6.45, 7) is 14.6. The Morgan fingerprint density at radius 1 is 0.957 bits per heavy atom. The van der Waals surface area contributed by atoms with E-state index in [0.29, 0.717) is 6.54 Å². The van der Waals surface area contributed by atoms with Gasteiger partial charge < -0.3 is 24.1 Å². The minimum Gasteiger partial charge on any atom is -0.475 e. The SMILES string of the molecule is CC(C)(C)OC(=O)N1CCC[C@H]1c1nc2ccc(-c3ccc4ccc(B5OC(C)(C)C(C)(C)O5)cc4c3)cc2[nH]1.O=C(O)C(F)(F)F. The van der Waals surface area contributed by atoms with Gasteiger partial charge in [-0.2, -0.15) is 13.2 Å². The molecule has 250 valence electrons. The topological polar surface area (TPSA) is 114 Å². The van der Waals surface area contributed by atoms with Gasteiger partial charge >= 0.3 is 25.4 Å². The number of alkyl halides is 3. The van der Waals surface area contributed by atoms with Crippen LogP contribution in [-0.4, -0.2) is 68.7 Å². The zero-order valence-corrected chi connectivity index (χ0v) is 27.5. The predicted octanol–water partition coefficient (Wildman–Crippen LogP) is 7.39. The molecule has 9 nitrogen and oxygen atoms in total. The maximum Gasteiger partial charge on any atom is 0.494 e. The first-order chi connectivity index (χ1) is 21.7. The maximum atomic E-state index is 12.8. The Balaban J connectivity index is 0.000000559. The normalized spacial score (nSPS) is 19.1. The molecule has 2 N–H and O–H groups in total. The van der Waals surface area contributed by atoms with E-state index < -0.39 is 24.9 Å². The number of aliphatic carboxylic acids is 1. The Labute approximate surface area is 271 Å². The first-order valence-corrected chi connectivity index (χ1v) is 15.4. The van der Waals surface area contributed by atoms with Gasteiger partial charge in [-0.05, 0) is 107 Å². The molecule has 3 aromatic carbocycles. The Bertz CT molecular complexity index is 1800. The summed E-state index contributed by atoms with van der Waals surface area (Å²) in [6.07, 6.45) is -3.58. The first-order valence-electron chi connectivity index (χ1n) is 15.4. The summed E-state index contributed by atoms with van der Waals surface area (Å²) >= 11 is 0. The standard InChI is InChI=1S/C32H38BN3O4.C2HF3O2/c1-30(2,3)38-29(37)36-16-8-9-27(36)28-34-25-15-13-22(19-26(25)35-28)21-11-10-20-12-14-24(18-23(20)17-21)33-39-31(4,5)32(6,7)40-33;3-2(4,5)1(6)7/h10-15,17-19,27H,8-9,16H2,1-7H3,(H,34,35);(H,6,7)/t27-;/m0./s1. The van der Waals surface area contributed by atoms with Crippen molar-refractivity contribution >= 4 is 46.4 Å². The van der Waals surface area contributed by atoms with E-state index in [4.69, 9.17) is 28.9 Å². The molecule has 6 rings (SSSR count). The van der Waals surface area contributed by atoms with Crippen LogP contribution in [0.25, 0.3) is 32.9 Å². The lowest BCUT2D eigenvalue weighted by atomic mass is 9.78. The average Bonchev–Trinajstić information content (AvgIpc) is 3.66. The Kier molecular flexibility index (Phi) is 8.87. The highest BCUT2D eigenvalue weighted by Crippen LogP contribution is 2.37. The third kappa shape index (κ3) is 7.41. The molecule has 2 saturated heterocycles. The number of benzene rings is 3. The third-order valence-corrected chi connectivity index (χ3v) is 8.66. The lowest BCUT2D eigenvalue weighted by Gasteiger charge is -2.32. The molecule has 2 aliphatic heterocycles. The molecule has 0 bridgehead atoms. The average molecular weight is 654 g/mol. The van der Waals surface area contributed by atoms with Crippen molar-refractivity contribution in [3.8, 4) is 11.1 Å². The minimum absolute atomic E-state index is 0.111. The largest absolute Gasteiger partial charge is 0.494 e. The van der Waals surface area contributed by atoms with Crippen molar-refractivity contribution in [2.45, 2.75) is 90.3 Å². The molecule has 47 heavy (non-hydrogen) atoms. The van der Waals surface area contributed by atoms with Crippen LogP contribution in [0.2, 0.25) is 0 Å². The van der Waals surface area contributed by atoms with Crippen LogP contribution in [-0.2, 0) is 18.8 Å². The number of hydrogen-bond acceptors (Lipinski definition) is 6. The number of nitrogens with one attached hydrogen (secondary N) is 1. The number of carbonyl (C=O) groups excluding carboxylic acids is 1. The molecular formula is C34H39BF3N3O6. The molecule has 13 heteroatoms. The number of nitrogens with zero attached hydrogens (tertiary/aromatic N) is 2. The van der Waals surface area contributed by atoms with Gasteiger partial charge in [0.1, 0.15) is 11.4 Å². The van der Waals surface area contributed by atoms with Crippen molar-refractivity contribution < 1.29 is 41.9 Å². The maximum absolute atomic E-state index is 12.8. The number of likely N-dealkylation sites (tertiary alicyclic amines) is 1. The second kappa shape index (κ2) is 12.2. The Morgan fingerprint density at radius 2 is 1.55 bits per heavy atom. The summed E-state index contributed by atoms with van der Waals surface area (Å²) in [4.78, 5) is 31.9. The molecule has 4 aromatic rings. The number of hydrogen-bond donors (Lipinski definition) is 2. The van der Waals surface area contributed by atoms with Gasteiger partial charge in [-0.15, -0.1) is 0 Å². The number of H-pyrrole nitrogens is 1. The van der Waals surface area contributed by atoms with Crippen LogP contribution < -0.4 is 5.46 Å². The van der Waals surface area contributed by atoms with Crippen molar-refractivity contribution in [2.24, 2.45) is 0 Å². The molecule has 0 radical (unpaired) electrons. The quantitative estimate of drug-likeness (QED) is 0.222. The van der Waals surface area contributed by atoms with Gasteiger partial charge in [0.25, 0.3) is 0 Å². The Hall–Kier alpha value is -4.10. The molecule has 3 heterocycles. The molecule has 0 aliphatic carbocycles. The molecule has 0 saturated carbocycles. The lowest BCUT2D eigenvalue weighted by molar-refractivity contribution is -0.192. The summed E-state index contributed by atoms with van der Waals surface area (Å²) in [5, 5.41) is 9.42. The number of rotatable bonds is 3. The van der Waals surface area contributed by atoms with Crippen LogP contribution >= 0.6 is 0 Å². The summed E-state index contributed by atoms with van der Waals surface area (Å²) in [6, 6.07) is 19.1. The van der Waals surface area contributed by atoms with Crippen molar-refractivity contribution in [3.63, 3.8) is 0 Å². The minimum atomic E-state index is -5.08. The van der Waals surface area contributed by atoms with Gasteiger partial charge in [0.05, 0.1) is 28.3 Å². The van der Waals surface area contributed by atoms with Crippen molar-refractivity contribution in [1.82, 2.24) is 14.9 Å². The van der Waals surface area contributed by atoms with Gasteiger partial charge in [0, 0.05) is 6.54 Å². The fourth-order valence-corrected chi connectivity index (χ4v) is 5.53. The van der Waals surface area contributed by atoms with Crippen LogP contribution in [0.5, 0.6) is 0 Å². The summed E-state index contributed by atoms with van der Waals surface area (Å²) < 4.78 is 50.0. The predicted molar refractivity (Wildman–Crippen MR) is 173 cm³/mol. The van der Waals surface area contributed by atoms with E-state index in [0.717, 1.165) is 57.1 Å². The number of aromatic amines is 1. The second-order valence-electron chi connectivity index (χ2n) is 13.9. The van der Waals surface area contributed by atoms with E-state index in [1.54, 1.807) is 4.90 Å². The van der Waals surface area contributed by atoms with Crippen molar-refractivity contribution in [2.75, 3.05) is 6.54 Å². The third-order valence-electron chi connectivity index (χ3n) is 8.66. The zero-order valence-electron chi connectivity index (χ0n) is 27.5. The number of aromatic nitrogens is 2. The lowest BCUT2D eigenvalue weighted by Crippen LogP contribution is -2.41. The molecule has 1 amide bonds. The number of ether oxygens (including phenoxy) is 1. The molecule has 1 aromatic heterocycles. The van der Waals surface area contributed by atoms with E-state index in [1.165, 1.54) is 0 Å². The summed E-state index contributed by atoms with van der Waals surface area (Å²) in [5.74, 6) is -1.95. The van der Waals surface area contributed by atoms with E-state index in [-0.39, 0.29) is 23.3 Å². The van der Waals surface area contributed by atoms with Gasteiger partial charge in [-0.1, -0.05) is 36.4 Å². The van der Waals surface area contributed by atoms with Crippen LogP contribution in [0.15, 0.2) is 54.6 Å². The van der Waals surface area contributed by atoms with Crippen LogP contribution in [0, 0.1) is 0 Å². The van der Waals surface area contributed by atoms with E-state index in [1.807, 2.05) is 26.8 Å². The molecule has 0 unspecified atom stereocenters. The number of amides is 1. The molecule has 0 spiro atoms. The van der Waals surface area contributed by atoms with Gasteiger partial charge in [0.15, 0.2) is 0 Å². The first kappa shape index (κ1) is 34.2. The highest BCUT2D eigenvalue weighted by molar-refractivity contribution is 6.62. The number of carboxylic acid groups (broad SMARTS) is 1. The van der Waals surface area contributed by atoms with Crippen molar-refractivity contribution in [1.29, 1.82) is 0 Å².